The number of hydrogen-bond acceptors (Lipinski definition) is 8. The van der Waals surface area contributed by atoms with Crippen LogP contribution in [0, 0.1) is 13.8 Å². The van der Waals surface area contributed by atoms with Gasteiger partial charge in [0, 0.05) is 54.5 Å². The standard InChI is InChI=1S/C30H31F3N6O4/c1-17-7-10-21-20(25(17)36-15-24(40)30(31,32)33)9-8-18(2)26(21)43-27-22(6-3-12-34-27)23-11-13-35-28(38-23)37-19-5-4-14-39(16-19)29(41)42/h3,6-13,19,24,36,40H,4-5,14-16H2,1-2H3,(H,41,42)(H,35,37,38)/t19-,24-/m0/s1. The summed E-state index contributed by atoms with van der Waals surface area (Å²) in [6.45, 7) is 3.75. The first-order valence-corrected chi connectivity index (χ1v) is 13.7. The molecule has 2 aromatic heterocycles. The predicted molar refractivity (Wildman–Crippen MR) is 156 cm³/mol. The number of carbonyl (C=O) groups is 1. The topological polar surface area (TPSA) is 133 Å². The second-order valence-corrected chi connectivity index (χ2v) is 10.4. The minimum atomic E-state index is -4.74. The summed E-state index contributed by atoms with van der Waals surface area (Å²) in [6, 6.07) is 12.3. The van der Waals surface area contributed by atoms with E-state index in [0.29, 0.717) is 58.1 Å². The van der Waals surface area contributed by atoms with Crippen molar-refractivity contribution in [1.29, 1.82) is 0 Å². The Hall–Kier alpha value is -4.65. The highest BCUT2D eigenvalue weighted by atomic mass is 19.4. The molecule has 0 spiro atoms. The van der Waals surface area contributed by atoms with Crippen molar-refractivity contribution in [1.82, 2.24) is 19.9 Å². The van der Waals surface area contributed by atoms with Crippen LogP contribution in [0.25, 0.3) is 22.0 Å². The molecule has 0 unspecified atom stereocenters. The molecule has 0 aliphatic carbocycles. The highest BCUT2D eigenvalue weighted by molar-refractivity contribution is 6.00. The predicted octanol–water partition coefficient (Wildman–Crippen LogP) is 5.99. The van der Waals surface area contributed by atoms with Crippen molar-refractivity contribution >= 4 is 28.5 Å². The van der Waals surface area contributed by atoms with Gasteiger partial charge in [-0.3, -0.25) is 0 Å². The van der Waals surface area contributed by atoms with Crippen LogP contribution in [0.3, 0.4) is 0 Å². The fourth-order valence-corrected chi connectivity index (χ4v) is 5.07. The number of carboxylic acid groups (broad SMARTS) is 1. The first-order valence-electron chi connectivity index (χ1n) is 13.7. The Bertz CT molecular complexity index is 1630. The molecule has 3 heterocycles. The Labute approximate surface area is 245 Å². The van der Waals surface area contributed by atoms with Gasteiger partial charge >= 0.3 is 12.3 Å². The van der Waals surface area contributed by atoms with Gasteiger partial charge in [-0.15, -0.1) is 0 Å². The molecule has 1 aliphatic rings. The van der Waals surface area contributed by atoms with Crippen LogP contribution in [0.15, 0.2) is 54.9 Å². The number of rotatable bonds is 8. The summed E-state index contributed by atoms with van der Waals surface area (Å²) in [5.41, 5.74) is 3.06. The molecule has 0 saturated carbocycles. The maximum absolute atomic E-state index is 12.9. The van der Waals surface area contributed by atoms with Crippen LogP contribution in [-0.4, -0.2) is 74.1 Å². The monoisotopic (exact) mass is 596 g/mol. The number of pyridine rings is 1. The number of halogens is 3. The molecule has 2 atom stereocenters. The third-order valence-corrected chi connectivity index (χ3v) is 7.33. The number of aliphatic hydroxyl groups is 1. The van der Waals surface area contributed by atoms with Crippen molar-refractivity contribution in [3.63, 3.8) is 0 Å². The molecule has 5 rings (SSSR count). The van der Waals surface area contributed by atoms with Gasteiger partial charge in [-0.1, -0.05) is 24.3 Å². The zero-order valence-electron chi connectivity index (χ0n) is 23.5. The van der Waals surface area contributed by atoms with E-state index < -0.39 is 24.9 Å². The molecular formula is C30H31F3N6O4. The average molecular weight is 597 g/mol. The molecular weight excluding hydrogens is 565 g/mol. The summed E-state index contributed by atoms with van der Waals surface area (Å²) in [7, 11) is 0. The molecule has 2 aromatic carbocycles. The number of piperidine rings is 1. The Kier molecular flexibility index (Phi) is 8.53. The van der Waals surface area contributed by atoms with Gasteiger partial charge in [0.05, 0.1) is 11.3 Å². The number of alkyl halides is 3. The number of amides is 1. The van der Waals surface area contributed by atoms with Crippen molar-refractivity contribution in [2.75, 3.05) is 30.3 Å². The molecule has 4 aromatic rings. The van der Waals surface area contributed by atoms with Crippen LogP contribution in [0.4, 0.5) is 29.6 Å². The number of aryl methyl sites for hydroxylation is 2. The lowest BCUT2D eigenvalue weighted by molar-refractivity contribution is -0.198. The molecule has 10 nitrogen and oxygen atoms in total. The molecule has 226 valence electrons. The first kappa shape index (κ1) is 29.8. The average Bonchev–Trinajstić information content (AvgIpc) is 2.98. The van der Waals surface area contributed by atoms with E-state index >= 15 is 0 Å². The number of aromatic nitrogens is 3. The number of ether oxygens (including phenoxy) is 1. The van der Waals surface area contributed by atoms with Gasteiger partial charge in [0.15, 0.2) is 6.10 Å². The number of fused-ring (bicyclic) bond motifs is 1. The summed E-state index contributed by atoms with van der Waals surface area (Å²) in [5, 5.41) is 26.1. The van der Waals surface area contributed by atoms with E-state index in [1.807, 2.05) is 19.1 Å². The van der Waals surface area contributed by atoms with Crippen molar-refractivity contribution in [2.45, 2.75) is 45.0 Å². The third-order valence-electron chi connectivity index (χ3n) is 7.33. The smallest absolute Gasteiger partial charge is 0.416 e. The van der Waals surface area contributed by atoms with Crippen molar-refractivity contribution in [3.8, 4) is 22.9 Å². The lowest BCUT2D eigenvalue weighted by Gasteiger charge is -2.31. The molecule has 1 fully saturated rings. The summed E-state index contributed by atoms with van der Waals surface area (Å²) < 4.78 is 45.2. The fourth-order valence-electron chi connectivity index (χ4n) is 5.07. The number of hydrogen-bond donors (Lipinski definition) is 4. The van der Waals surface area contributed by atoms with E-state index in [-0.39, 0.29) is 11.9 Å². The van der Waals surface area contributed by atoms with Crippen molar-refractivity contribution in [2.24, 2.45) is 0 Å². The third kappa shape index (κ3) is 6.72. The summed E-state index contributed by atoms with van der Waals surface area (Å²) >= 11 is 0. The van der Waals surface area contributed by atoms with Gasteiger partial charge in [-0.25, -0.2) is 19.7 Å². The van der Waals surface area contributed by atoms with E-state index in [9.17, 15) is 28.2 Å². The molecule has 0 bridgehead atoms. The Morgan fingerprint density at radius 1 is 1.09 bits per heavy atom. The Morgan fingerprint density at radius 3 is 2.63 bits per heavy atom. The van der Waals surface area contributed by atoms with Gasteiger partial charge in [-0.2, -0.15) is 13.2 Å². The van der Waals surface area contributed by atoms with E-state index in [1.54, 1.807) is 49.6 Å². The minimum absolute atomic E-state index is 0.133. The molecule has 43 heavy (non-hydrogen) atoms. The number of likely N-dealkylation sites (tertiary alicyclic amines) is 1. The Balaban J connectivity index is 1.44. The zero-order chi connectivity index (χ0) is 30.7. The molecule has 1 saturated heterocycles. The fraction of sp³-hybridized carbons (Fsp3) is 0.333. The van der Waals surface area contributed by atoms with Crippen LogP contribution in [-0.2, 0) is 0 Å². The number of nitrogens with one attached hydrogen (secondary N) is 2. The van der Waals surface area contributed by atoms with Crippen LogP contribution >= 0.6 is 0 Å². The second kappa shape index (κ2) is 12.3. The molecule has 1 aliphatic heterocycles. The lowest BCUT2D eigenvalue weighted by atomic mass is 10.0. The second-order valence-electron chi connectivity index (χ2n) is 10.4. The largest absolute Gasteiger partial charge is 0.465 e. The number of aliphatic hydroxyl groups excluding tert-OH is 1. The molecule has 4 N–H and O–H groups in total. The van der Waals surface area contributed by atoms with Crippen molar-refractivity contribution in [3.05, 3.63) is 66.0 Å². The number of nitrogens with zero attached hydrogens (tertiary/aromatic N) is 4. The lowest BCUT2D eigenvalue weighted by Crippen LogP contribution is -2.44. The minimum Gasteiger partial charge on any atom is -0.465 e. The van der Waals surface area contributed by atoms with Crippen molar-refractivity contribution < 1.29 is 32.9 Å². The van der Waals surface area contributed by atoms with Gasteiger partial charge in [0.25, 0.3) is 0 Å². The van der Waals surface area contributed by atoms with Crippen LogP contribution in [0.1, 0.15) is 24.0 Å². The maximum atomic E-state index is 12.9. The van der Waals surface area contributed by atoms with E-state index in [0.717, 1.165) is 18.4 Å². The number of benzene rings is 2. The van der Waals surface area contributed by atoms with Gasteiger partial charge in [0.2, 0.25) is 11.8 Å². The number of anilines is 2. The van der Waals surface area contributed by atoms with Gasteiger partial charge in [0.1, 0.15) is 5.75 Å². The molecule has 1 amide bonds. The van der Waals surface area contributed by atoms with Gasteiger partial charge < -0.3 is 30.5 Å². The highest BCUT2D eigenvalue weighted by Crippen LogP contribution is 2.40. The SMILES string of the molecule is Cc1ccc2c(Oc3ncccc3-c3ccnc(N[C@H]4CCCN(C(=O)O)C4)n3)c(C)ccc2c1NC[C@H](O)C(F)(F)F. The Morgan fingerprint density at radius 2 is 1.86 bits per heavy atom. The van der Waals surface area contributed by atoms with E-state index in [1.165, 1.54) is 4.90 Å². The first-order chi connectivity index (χ1) is 20.5. The van der Waals surface area contributed by atoms with Crippen LogP contribution in [0.2, 0.25) is 0 Å². The van der Waals surface area contributed by atoms with Crippen LogP contribution < -0.4 is 15.4 Å². The molecule has 0 radical (unpaired) electrons. The zero-order valence-corrected chi connectivity index (χ0v) is 23.5. The summed E-state index contributed by atoms with van der Waals surface area (Å²) in [4.78, 5) is 26.2. The van der Waals surface area contributed by atoms with Gasteiger partial charge in [-0.05, 0) is 56.0 Å². The molecule has 13 heteroatoms. The highest BCUT2D eigenvalue weighted by Gasteiger charge is 2.38. The summed E-state index contributed by atoms with van der Waals surface area (Å²) in [6.07, 6.45) is -3.52. The van der Waals surface area contributed by atoms with E-state index in [2.05, 4.69) is 25.6 Å². The van der Waals surface area contributed by atoms with E-state index in [4.69, 9.17) is 4.74 Å². The summed E-state index contributed by atoms with van der Waals surface area (Å²) in [5.74, 6) is 1.08. The quantitative estimate of drug-likeness (QED) is 0.194. The maximum Gasteiger partial charge on any atom is 0.416 e. The van der Waals surface area contributed by atoms with Crippen LogP contribution in [0.5, 0.6) is 11.6 Å². The normalized spacial score (nSPS) is 16.1.